The van der Waals surface area contributed by atoms with Crippen molar-refractivity contribution in [2.45, 2.75) is 51.2 Å². The fourth-order valence-corrected chi connectivity index (χ4v) is 1.20. The summed E-state index contributed by atoms with van der Waals surface area (Å²) in [6.45, 7) is 5.60. The second-order valence-electron chi connectivity index (χ2n) is 4.42. The molecule has 1 saturated carbocycles. The fourth-order valence-electron chi connectivity index (χ4n) is 1.20. The van der Waals surface area contributed by atoms with Gasteiger partial charge in [0.25, 0.3) is 0 Å². The van der Waals surface area contributed by atoms with Crippen molar-refractivity contribution in [1.29, 1.82) is 0 Å². The van der Waals surface area contributed by atoms with Crippen molar-refractivity contribution < 1.29 is 4.79 Å². The Morgan fingerprint density at radius 1 is 1.57 bits per heavy atom. The second kappa shape index (κ2) is 4.02. The van der Waals surface area contributed by atoms with Gasteiger partial charge in [0, 0.05) is 6.04 Å². The molecule has 14 heavy (non-hydrogen) atoms. The molecule has 0 aromatic rings. The molecule has 0 saturated heterocycles. The van der Waals surface area contributed by atoms with Gasteiger partial charge in [-0.05, 0) is 33.6 Å². The first kappa shape index (κ1) is 11.1. The minimum Gasteiger partial charge on any atom is -0.352 e. The van der Waals surface area contributed by atoms with Crippen LogP contribution in [0.15, 0.2) is 0 Å². The molecular formula is C11H18N2O. The second-order valence-corrected chi connectivity index (χ2v) is 4.42. The zero-order valence-corrected chi connectivity index (χ0v) is 9.05. The van der Waals surface area contributed by atoms with E-state index in [-0.39, 0.29) is 11.9 Å². The largest absolute Gasteiger partial charge is 0.352 e. The first-order chi connectivity index (χ1) is 6.44. The fraction of sp³-hybridized carbons (Fsp3) is 0.727. The Hall–Kier alpha value is -1.01. The number of carbonyl (C=O) groups excluding carboxylic acids is 1. The summed E-state index contributed by atoms with van der Waals surface area (Å²) in [7, 11) is 0. The maximum absolute atomic E-state index is 11.5. The van der Waals surface area contributed by atoms with E-state index in [9.17, 15) is 4.79 Å². The Morgan fingerprint density at radius 2 is 2.14 bits per heavy atom. The van der Waals surface area contributed by atoms with E-state index in [0.29, 0.717) is 6.04 Å². The van der Waals surface area contributed by atoms with Gasteiger partial charge in [-0.15, -0.1) is 6.42 Å². The zero-order chi connectivity index (χ0) is 10.8. The van der Waals surface area contributed by atoms with Gasteiger partial charge in [0.15, 0.2) is 0 Å². The summed E-state index contributed by atoms with van der Waals surface area (Å²) in [5.74, 6) is 2.64. The monoisotopic (exact) mass is 194 g/mol. The SMILES string of the molecule is C#CC(C)(C)NC(C)C(=O)NC1CC1. The average Bonchev–Trinajstić information content (AvgIpc) is 2.87. The molecule has 0 heterocycles. The Bertz CT molecular complexity index is 261. The molecule has 0 aromatic carbocycles. The van der Waals surface area contributed by atoms with Crippen LogP contribution in [-0.2, 0) is 4.79 Å². The zero-order valence-electron chi connectivity index (χ0n) is 9.05. The maximum atomic E-state index is 11.5. The number of terminal acetylenes is 1. The third-order valence-electron chi connectivity index (χ3n) is 2.26. The Kier molecular flexibility index (Phi) is 3.17. The highest BCUT2D eigenvalue weighted by atomic mass is 16.2. The lowest BCUT2D eigenvalue weighted by molar-refractivity contribution is -0.123. The Labute approximate surface area is 85.6 Å². The molecule has 78 valence electrons. The van der Waals surface area contributed by atoms with Crippen molar-refractivity contribution in [3.05, 3.63) is 0 Å². The quantitative estimate of drug-likeness (QED) is 0.645. The third-order valence-corrected chi connectivity index (χ3v) is 2.26. The Morgan fingerprint density at radius 3 is 2.57 bits per heavy atom. The van der Waals surface area contributed by atoms with E-state index in [2.05, 4.69) is 16.6 Å². The standard InChI is InChI=1S/C11H18N2O/c1-5-11(3,4)13-8(2)10(14)12-9-6-7-9/h1,8-9,13H,6-7H2,2-4H3,(H,12,14). The molecule has 1 unspecified atom stereocenters. The first-order valence-corrected chi connectivity index (χ1v) is 5.00. The van der Waals surface area contributed by atoms with Gasteiger partial charge in [-0.1, -0.05) is 5.92 Å². The van der Waals surface area contributed by atoms with Crippen molar-refractivity contribution in [3.8, 4) is 12.3 Å². The first-order valence-electron chi connectivity index (χ1n) is 5.00. The average molecular weight is 194 g/mol. The summed E-state index contributed by atoms with van der Waals surface area (Å²) in [6, 6.07) is 0.169. The molecule has 1 rings (SSSR count). The molecule has 3 heteroatoms. The smallest absolute Gasteiger partial charge is 0.237 e. The van der Waals surface area contributed by atoms with Crippen LogP contribution < -0.4 is 10.6 Å². The molecular weight excluding hydrogens is 176 g/mol. The number of nitrogens with one attached hydrogen (secondary N) is 2. The van der Waals surface area contributed by atoms with E-state index in [1.54, 1.807) is 0 Å². The Balaban J connectivity index is 2.36. The van der Waals surface area contributed by atoms with E-state index in [1.807, 2.05) is 20.8 Å². The lowest BCUT2D eigenvalue weighted by Gasteiger charge is -2.24. The number of carbonyl (C=O) groups is 1. The van der Waals surface area contributed by atoms with Gasteiger partial charge >= 0.3 is 0 Å². The van der Waals surface area contributed by atoms with Gasteiger partial charge < -0.3 is 5.32 Å². The third kappa shape index (κ3) is 3.39. The topological polar surface area (TPSA) is 41.1 Å². The summed E-state index contributed by atoms with van der Waals surface area (Å²) in [4.78, 5) is 11.5. The summed E-state index contributed by atoms with van der Waals surface area (Å²) in [5, 5.41) is 6.02. The van der Waals surface area contributed by atoms with Crippen LogP contribution in [0.2, 0.25) is 0 Å². The minimum atomic E-state index is -0.430. The molecule has 1 aliphatic rings. The van der Waals surface area contributed by atoms with Crippen LogP contribution in [0.5, 0.6) is 0 Å². The summed E-state index contributed by atoms with van der Waals surface area (Å²) < 4.78 is 0. The number of rotatable bonds is 4. The van der Waals surface area contributed by atoms with Gasteiger partial charge in [0.1, 0.15) is 0 Å². The lowest BCUT2D eigenvalue weighted by atomic mass is 10.1. The summed E-state index contributed by atoms with van der Waals surface area (Å²) >= 11 is 0. The normalized spacial score (nSPS) is 18.4. The van der Waals surface area contributed by atoms with Crippen LogP contribution in [-0.4, -0.2) is 23.5 Å². The van der Waals surface area contributed by atoms with Gasteiger partial charge in [0.2, 0.25) is 5.91 Å². The maximum Gasteiger partial charge on any atom is 0.237 e. The van der Waals surface area contributed by atoms with Gasteiger partial charge in [-0.25, -0.2) is 0 Å². The van der Waals surface area contributed by atoms with Crippen molar-refractivity contribution in [2.75, 3.05) is 0 Å². The lowest BCUT2D eigenvalue weighted by Crippen LogP contribution is -2.51. The van der Waals surface area contributed by atoms with Crippen LogP contribution in [0.1, 0.15) is 33.6 Å². The van der Waals surface area contributed by atoms with Crippen LogP contribution in [0.4, 0.5) is 0 Å². The summed E-state index contributed by atoms with van der Waals surface area (Å²) in [5.41, 5.74) is -0.430. The van der Waals surface area contributed by atoms with Crippen molar-refractivity contribution in [2.24, 2.45) is 0 Å². The molecule has 1 amide bonds. The van der Waals surface area contributed by atoms with E-state index >= 15 is 0 Å². The number of hydrogen-bond donors (Lipinski definition) is 2. The van der Waals surface area contributed by atoms with Crippen molar-refractivity contribution in [1.82, 2.24) is 10.6 Å². The highest BCUT2D eigenvalue weighted by molar-refractivity contribution is 5.82. The summed E-state index contributed by atoms with van der Waals surface area (Å²) in [6.07, 6.45) is 7.54. The minimum absolute atomic E-state index is 0.0378. The van der Waals surface area contributed by atoms with Crippen molar-refractivity contribution >= 4 is 5.91 Å². The predicted molar refractivity (Wildman–Crippen MR) is 56.7 cm³/mol. The molecule has 0 radical (unpaired) electrons. The van der Waals surface area contributed by atoms with E-state index in [0.717, 1.165) is 12.8 Å². The van der Waals surface area contributed by atoms with E-state index in [4.69, 9.17) is 6.42 Å². The molecule has 2 N–H and O–H groups in total. The van der Waals surface area contributed by atoms with Gasteiger partial charge in [-0.2, -0.15) is 0 Å². The predicted octanol–water partition coefficient (Wildman–Crippen LogP) is 0.655. The van der Waals surface area contributed by atoms with Gasteiger partial charge in [-0.3, -0.25) is 10.1 Å². The van der Waals surface area contributed by atoms with Crippen LogP contribution in [0.3, 0.4) is 0 Å². The number of amides is 1. The van der Waals surface area contributed by atoms with Crippen molar-refractivity contribution in [3.63, 3.8) is 0 Å². The number of hydrogen-bond acceptors (Lipinski definition) is 2. The molecule has 0 bridgehead atoms. The van der Waals surface area contributed by atoms with E-state index < -0.39 is 5.54 Å². The highest BCUT2D eigenvalue weighted by Gasteiger charge is 2.27. The van der Waals surface area contributed by atoms with E-state index in [1.165, 1.54) is 0 Å². The van der Waals surface area contributed by atoms with Crippen LogP contribution >= 0.6 is 0 Å². The molecule has 0 aliphatic heterocycles. The van der Waals surface area contributed by atoms with Crippen LogP contribution in [0.25, 0.3) is 0 Å². The van der Waals surface area contributed by atoms with Gasteiger partial charge in [0.05, 0.1) is 11.6 Å². The molecule has 3 nitrogen and oxygen atoms in total. The molecule has 0 spiro atoms. The molecule has 1 aliphatic carbocycles. The molecule has 1 fully saturated rings. The van der Waals surface area contributed by atoms with Crippen LogP contribution in [0, 0.1) is 12.3 Å². The molecule has 1 atom stereocenters. The molecule has 0 aromatic heterocycles. The highest BCUT2D eigenvalue weighted by Crippen LogP contribution is 2.18.